The number of carbonyl (C=O) groups excluding carboxylic acids is 1. The van der Waals surface area contributed by atoms with E-state index in [1.807, 2.05) is 61.2 Å². The van der Waals surface area contributed by atoms with Crippen molar-refractivity contribution in [1.82, 2.24) is 24.4 Å². The molecule has 8 nitrogen and oxygen atoms in total. The summed E-state index contributed by atoms with van der Waals surface area (Å²) in [6, 6.07) is 14.0. The average Bonchev–Trinajstić information content (AvgIpc) is 3.37. The summed E-state index contributed by atoms with van der Waals surface area (Å²) in [6.07, 6.45) is 4.99. The summed E-state index contributed by atoms with van der Waals surface area (Å²) in [7, 11) is 0. The van der Waals surface area contributed by atoms with Gasteiger partial charge in [0, 0.05) is 55.1 Å². The Morgan fingerprint density at radius 2 is 1.70 bits per heavy atom. The fourth-order valence-corrected chi connectivity index (χ4v) is 8.94. The van der Waals surface area contributed by atoms with Crippen molar-refractivity contribution in [2.24, 2.45) is 0 Å². The van der Waals surface area contributed by atoms with Crippen molar-refractivity contribution in [1.29, 1.82) is 0 Å². The second kappa shape index (κ2) is 12.9. The van der Waals surface area contributed by atoms with Gasteiger partial charge in [-0.2, -0.15) is 11.8 Å². The SMILES string of the molecule is Cc1[nH]c2ccc(C(=O)NC3CCC(n4c(=O)c5cc(F)cnc5n(C5CCSCC5)c4=O)CC3)cc2c1Sc1ccc(Cl)cc1. The van der Waals surface area contributed by atoms with Crippen LogP contribution in [0.15, 0.2) is 74.1 Å². The fraction of sp³-hybridized carbons (Fsp3) is 0.353. The van der Waals surface area contributed by atoms with Crippen LogP contribution in [0.1, 0.15) is 66.7 Å². The first kappa shape index (κ1) is 31.1. The molecule has 0 bridgehead atoms. The van der Waals surface area contributed by atoms with Gasteiger partial charge in [-0.15, -0.1) is 0 Å². The second-order valence-corrected chi connectivity index (χ2v) is 14.8. The quantitative estimate of drug-likeness (QED) is 0.196. The molecule has 0 unspecified atom stereocenters. The van der Waals surface area contributed by atoms with Gasteiger partial charge < -0.3 is 10.3 Å². The number of H-pyrrole nitrogens is 1. The molecule has 0 radical (unpaired) electrons. The molecule has 1 aliphatic carbocycles. The van der Waals surface area contributed by atoms with Gasteiger partial charge in [0.15, 0.2) is 0 Å². The highest BCUT2D eigenvalue weighted by Crippen LogP contribution is 2.37. The first-order chi connectivity index (χ1) is 22.3. The first-order valence-electron chi connectivity index (χ1n) is 15.5. The van der Waals surface area contributed by atoms with E-state index in [0.29, 0.717) is 36.3 Å². The van der Waals surface area contributed by atoms with E-state index < -0.39 is 11.4 Å². The lowest BCUT2D eigenvalue weighted by Gasteiger charge is -2.31. The van der Waals surface area contributed by atoms with Crippen molar-refractivity contribution in [2.45, 2.75) is 73.4 Å². The third kappa shape index (κ3) is 6.00. The van der Waals surface area contributed by atoms with E-state index in [9.17, 15) is 18.8 Å². The summed E-state index contributed by atoms with van der Waals surface area (Å²) < 4.78 is 17.2. The first-order valence-corrected chi connectivity index (χ1v) is 17.9. The zero-order valence-electron chi connectivity index (χ0n) is 25.2. The molecule has 2 aliphatic rings. The number of nitrogens with one attached hydrogen (secondary N) is 2. The van der Waals surface area contributed by atoms with Crippen LogP contribution in [0, 0.1) is 12.7 Å². The van der Waals surface area contributed by atoms with Crippen molar-refractivity contribution in [2.75, 3.05) is 11.5 Å². The lowest BCUT2D eigenvalue weighted by Crippen LogP contribution is -2.46. The van der Waals surface area contributed by atoms with Crippen LogP contribution in [-0.2, 0) is 0 Å². The largest absolute Gasteiger partial charge is 0.358 e. The standard InChI is InChI=1S/C34H33ClFN5O3S2/c1-19-30(46-26-9-3-21(35)4-10-26)27-16-20(2-11-29(27)38-19)32(42)39-23-5-7-24(8-6-23)41-33(43)28-17-22(36)18-37-31(28)40(34(41)44)25-12-14-45-15-13-25/h2-4,9-11,16-18,23-25,38H,5-8,12-15H2,1H3,(H,39,42). The molecule has 0 spiro atoms. The Labute approximate surface area is 278 Å². The van der Waals surface area contributed by atoms with Crippen LogP contribution in [0.4, 0.5) is 4.39 Å². The van der Waals surface area contributed by atoms with Crippen molar-refractivity contribution in [3.63, 3.8) is 0 Å². The molecule has 46 heavy (non-hydrogen) atoms. The van der Waals surface area contributed by atoms with Gasteiger partial charge in [-0.1, -0.05) is 23.4 Å². The Hall–Kier alpha value is -3.54. The maximum Gasteiger partial charge on any atom is 0.333 e. The number of carbonyl (C=O) groups is 1. The smallest absolute Gasteiger partial charge is 0.333 e. The number of aromatic amines is 1. The van der Waals surface area contributed by atoms with E-state index in [2.05, 4.69) is 15.3 Å². The number of benzene rings is 2. The van der Waals surface area contributed by atoms with Gasteiger partial charge in [0.1, 0.15) is 11.5 Å². The second-order valence-electron chi connectivity index (χ2n) is 12.1. The van der Waals surface area contributed by atoms with Crippen LogP contribution >= 0.6 is 35.1 Å². The highest BCUT2D eigenvalue weighted by atomic mass is 35.5. The van der Waals surface area contributed by atoms with Crippen LogP contribution in [0.3, 0.4) is 0 Å². The monoisotopic (exact) mass is 677 g/mol. The number of fused-ring (bicyclic) bond motifs is 2. The molecular weight excluding hydrogens is 645 g/mol. The maximum atomic E-state index is 14.2. The van der Waals surface area contributed by atoms with Crippen molar-refractivity contribution in [3.05, 3.63) is 97.7 Å². The molecule has 1 amide bonds. The number of hydrogen-bond acceptors (Lipinski definition) is 6. The molecule has 2 N–H and O–H groups in total. The van der Waals surface area contributed by atoms with Crippen LogP contribution in [0.2, 0.25) is 5.02 Å². The predicted octanol–water partition coefficient (Wildman–Crippen LogP) is 7.27. The minimum atomic E-state index is -0.601. The topological polar surface area (TPSA) is 102 Å². The number of halogens is 2. The molecule has 7 rings (SSSR count). The fourth-order valence-electron chi connectivity index (χ4n) is 6.74. The number of nitrogens with zero attached hydrogens (tertiary/aromatic N) is 3. The molecule has 238 valence electrons. The molecule has 3 aromatic heterocycles. The van der Waals surface area contributed by atoms with Crippen molar-refractivity contribution in [3.8, 4) is 0 Å². The predicted molar refractivity (Wildman–Crippen MR) is 183 cm³/mol. The summed E-state index contributed by atoms with van der Waals surface area (Å²) in [6.45, 7) is 2.02. The van der Waals surface area contributed by atoms with Gasteiger partial charge in [-0.25, -0.2) is 14.2 Å². The molecular formula is C34H33ClFN5O3S2. The minimum Gasteiger partial charge on any atom is -0.358 e. The van der Waals surface area contributed by atoms with Gasteiger partial charge >= 0.3 is 5.69 Å². The Morgan fingerprint density at radius 1 is 0.978 bits per heavy atom. The van der Waals surface area contributed by atoms with Crippen molar-refractivity contribution < 1.29 is 9.18 Å². The number of aryl methyl sites for hydroxylation is 1. The van der Waals surface area contributed by atoms with Gasteiger partial charge in [0.2, 0.25) is 0 Å². The molecule has 1 saturated carbocycles. The Morgan fingerprint density at radius 3 is 2.43 bits per heavy atom. The third-order valence-electron chi connectivity index (χ3n) is 9.10. The molecule has 0 atom stereocenters. The highest BCUT2D eigenvalue weighted by Gasteiger charge is 2.30. The summed E-state index contributed by atoms with van der Waals surface area (Å²) in [5.41, 5.74) is 1.94. The Balaban J connectivity index is 1.09. The van der Waals surface area contributed by atoms with Gasteiger partial charge in [0.25, 0.3) is 11.5 Å². The maximum absolute atomic E-state index is 14.2. The molecule has 4 heterocycles. The number of hydrogen-bond donors (Lipinski definition) is 2. The highest BCUT2D eigenvalue weighted by molar-refractivity contribution is 7.99. The van der Waals surface area contributed by atoms with Crippen LogP contribution in [0.5, 0.6) is 0 Å². The van der Waals surface area contributed by atoms with Gasteiger partial charge in [0.05, 0.1) is 11.6 Å². The summed E-state index contributed by atoms with van der Waals surface area (Å²) in [5, 5.41) is 4.97. The lowest BCUT2D eigenvalue weighted by molar-refractivity contribution is 0.0922. The normalized spacial score (nSPS) is 19.1. The molecule has 1 aliphatic heterocycles. The van der Waals surface area contributed by atoms with Crippen LogP contribution < -0.4 is 16.6 Å². The van der Waals surface area contributed by atoms with Crippen LogP contribution in [-0.4, -0.2) is 42.6 Å². The molecule has 5 aromatic rings. The molecule has 1 saturated heterocycles. The zero-order chi connectivity index (χ0) is 31.9. The minimum absolute atomic E-state index is 0.0806. The number of aromatic nitrogens is 4. The Kier molecular flexibility index (Phi) is 8.73. The number of rotatable bonds is 6. The summed E-state index contributed by atoms with van der Waals surface area (Å²) in [5.74, 6) is 1.08. The number of thioether (sulfide) groups is 1. The van der Waals surface area contributed by atoms with E-state index >= 15 is 0 Å². The number of amides is 1. The third-order valence-corrected chi connectivity index (χ3v) is 11.6. The van der Waals surface area contributed by atoms with E-state index in [0.717, 1.165) is 56.9 Å². The van der Waals surface area contributed by atoms with E-state index in [-0.39, 0.29) is 40.8 Å². The van der Waals surface area contributed by atoms with Crippen LogP contribution in [0.25, 0.3) is 21.9 Å². The summed E-state index contributed by atoms with van der Waals surface area (Å²) >= 11 is 9.53. The summed E-state index contributed by atoms with van der Waals surface area (Å²) in [4.78, 5) is 50.7. The van der Waals surface area contributed by atoms with E-state index in [1.54, 1.807) is 16.3 Å². The van der Waals surface area contributed by atoms with E-state index in [4.69, 9.17) is 11.6 Å². The Bertz CT molecular complexity index is 2060. The molecule has 2 fully saturated rings. The zero-order valence-corrected chi connectivity index (χ0v) is 27.6. The van der Waals surface area contributed by atoms with Crippen molar-refractivity contribution >= 4 is 63.0 Å². The average molecular weight is 678 g/mol. The molecule has 2 aromatic carbocycles. The number of pyridine rings is 1. The van der Waals surface area contributed by atoms with Gasteiger partial charge in [-0.3, -0.25) is 18.7 Å². The lowest BCUT2D eigenvalue weighted by atomic mass is 9.90. The van der Waals surface area contributed by atoms with E-state index in [1.165, 1.54) is 10.6 Å². The van der Waals surface area contributed by atoms with Gasteiger partial charge in [-0.05, 0) is 105 Å². The molecule has 12 heteroatoms.